The summed E-state index contributed by atoms with van der Waals surface area (Å²) in [6.45, 7) is 0. The lowest BCUT2D eigenvalue weighted by Gasteiger charge is -2.05. The number of hydrogen-bond acceptors (Lipinski definition) is 5. The zero-order valence-corrected chi connectivity index (χ0v) is 14.6. The number of rotatable bonds is 6. The molecule has 0 N–H and O–H groups in total. The van der Waals surface area contributed by atoms with Crippen molar-refractivity contribution in [3.05, 3.63) is 112 Å². The molecule has 0 unspecified atom stereocenters. The molecule has 138 valence electrons. The molecule has 0 amide bonds. The van der Waals surface area contributed by atoms with E-state index in [9.17, 15) is 19.7 Å². The monoisotopic (exact) mass is 373 g/mol. The first-order valence-corrected chi connectivity index (χ1v) is 8.37. The summed E-state index contributed by atoms with van der Waals surface area (Å²) in [4.78, 5) is 34.6. The average Bonchev–Trinajstić information content (AvgIpc) is 2.73. The van der Waals surface area contributed by atoms with E-state index in [0.717, 1.165) is 11.6 Å². The quantitative estimate of drug-likeness (QED) is 0.156. The van der Waals surface area contributed by atoms with E-state index in [1.807, 2.05) is 30.3 Å². The van der Waals surface area contributed by atoms with Crippen molar-refractivity contribution >= 4 is 23.5 Å². The van der Waals surface area contributed by atoms with Crippen molar-refractivity contribution in [2.45, 2.75) is 0 Å². The molecule has 0 heterocycles. The SMILES string of the molecule is O=C(C=Cc1ccccc1)c1ccc(OC(=O)c2cccc([N+](=O)[O-])c2)cc1. The Morgan fingerprint density at radius 3 is 2.25 bits per heavy atom. The zero-order valence-electron chi connectivity index (χ0n) is 14.6. The Kier molecular flexibility index (Phi) is 5.72. The molecular weight excluding hydrogens is 358 g/mol. The number of benzene rings is 3. The smallest absolute Gasteiger partial charge is 0.343 e. The van der Waals surface area contributed by atoms with Crippen LogP contribution >= 0.6 is 0 Å². The van der Waals surface area contributed by atoms with Crippen LogP contribution in [0.25, 0.3) is 6.08 Å². The first kappa shape index (κ1) is 18.7. The summed E-state index contributed by atoms with van der Waals surface area (Å²) >= 11 is 0. The maximum absolute atomic E-state index is 12.2. The van der Waals surface area contributed by atoms with Crippen LogP contribution in [0.2, 0.25) is 0 Å². The molecule has 0 fully saturated rings. The van der Waals surface area contributed by atoms with Crippen molar-refractivity contribution in [2.24, 2.45) is 0 Å². The predicted molar refractivity (Wildman–Crippen MR) is 104 cm³/mol. The Morgan fingerprint density at radius 1 is 0.857 bits per heavy atom. The van der Waals surface area contributed by atoms with E-state index >= 15 is 0 Å². The second-order valence-electron chi connectivity index (χ2n) is 5.83. The molecule has 0 aliphatic rings. The van der Waals surface area contributed by atoms with Crippen molar-refractivity contribution in [1.82, 2.24) is 0 Å². The van der Waals surface area contributed by atoms with Crippen LogP contribution in [0.4, 0.5) is 5.69 Å². The largest absolute Gasteiger partial charge is 0.423 e. The van der Waals surface area contributed by atoms with Crippen LogP contribution in [0.5, 0.6) is 5.75 Å². The highest BCUT2D eigenvalue weighted by molar-refractivity contribution is 6.06. The number of non-ortho nitro benzene ring substituents is 1. The number of nitro benzene ring substituents is 1. The van der Waals surface area contributed by atoms with Crippen LogP contribution in [0.1, 0.15) is 26.3 Å². The molecule has 0 saturated carbocycles. The summed E-state index contributed by atoms with van der Waals surface area (Å²) in [7, 11) is 0. The first-order valence-electron chi connectivity index (χ1n) is 8.37. The van der Waals surface area contributed by atoms with Crippen molar-refractivity contribution in [1.29, 1.82) is 0 Å². The summed E-state index contributed by atoms with van der Waals surface area (Å²) in [5, 5.41) is 10.8. The third-order valence-corrected chi connectivity index (χ3v) is 3.87. The Hall–Kier alpha value is -4.06. The lowest BCUT2D eigenvalue weighted by molar-refractivity contribution is -0.384. The van der Waals surface area contributed by atoms with E-state index < -0.39 is 10.9 Å². The van der Waals surface area contributed by atoms with Crippen molar-refractivity contribution in [2.75, 3.05) is 0 Å². The highest BCUT2D eigenvalue weighted by Crippen LogP contribution is 2.18. The second kappa shape index (κ2) is 8.55. The van der Waals surface area contributed by atoms with Crippen LogP contribution in [-0.4, -0.2) is 16.7 Å². The highest BCUT2D eigenvalue weighted by atomic mass is 16.6. The molecule has 3 aromatic carbocycles. The molecule has 0 radical (unpaired) electrons. The van der Waals surface area contributed by atoms with Crippen LogP contribution in [-0.2, 0) is 0 Å². The fourth-order valence-corrected chi connectivity index (χ4v) is 2.43. The molecular formula is C22H15NO5. The van der Waals surface area contributed by atoms with Gasteiger partial charge in [-0.25, -0.2) is 4.79 Å². The summed E-state index contributed by atoms with van der Waals surface area (Å²) in [5.74, 6) is -0.660. The van der Waals surface area contributed by atoms with Gasteiger partial charge in [0, 0.05) is 17.7 Å². The van der Waals surface area contributed by atoms with Gasteiger partial charge in [0.2, 0.25) is 0 Å². The number of ketones is 1. The van der Waals surface area contributed by atoms with Crippen LogP contribution in [0.15, 0.2) is 84.9 Å². The number of carbonyl (C=O) groups is 2. The van der Waals surface area contributed by atoms with Gasteiger partial charge >= 0.3 is 5.97 Å². The number of carbonyl (C=O) groups excluding carboxylic acids is 2. The third kappa shape index (κ3) is 4.76. The fraction of sp³-hybridized carbons (Fsp3) is 0. The molecule has 0 aliphatic heterocycles. The summed E-state index contributed by atoms with van der Waals surface area (Å²) < 4.78 is 5.21. The fourth-order valence-electron chi connectivity index (χ4n) is 2.43. The maximum Gasteiger partial charge on any atom is 0.343 e. The second-order valence-corrected chi connectivity index (χ2v) is 5.83. The summed E-state index contributed by atoms with van der Waals surface area (Å²) in [6, 6.07) is 20.8. The Morgan fingerprint density at radius 2 is 1.57 bits per heavy atom. The number of nitro groups is 1. The summed E-state index contributed by atoms with van der Waals surface area (Å²) in [5.41, 5.74) is 1.24. The first-order chi connectivity index (χ1) is 13.5. The van der Waals surface area contributed by atoms with Gasteiger partial charge in [-0.15, -0.1) is 0 Å². The summed E-state index contributed by atoms with van der Waals surface area (Å²) in [6.07, 6.45) is 3.19. The molecule has 0 spiro atoms. The molecule has 0 bridgehead atoms. The highest BCUT2D eigenvalue weighted by Gasteiger charge is 2.13. The van der Waals surface area contributed by atoms with Crippen LogP contribution < -0.4 is 4.74 Å². The van der Waals surface area contributed by atoms with E-state index in [2.05, 4.69) is 0 Å². The molecule has 3 rings (SSSR count). The third-order valence-electron chi connectivity index (χ3n) is 3.87. The van der Waals surface area contributed by atoms with Gasteiger partial charge in [0.05, 0.1) is 10.5 Å². The molecule has 0 aromatic heterocycles. The molecule has 28 heavy (non-hydrogen) atoms. The van der Waals surface area contributed by atoms with Crippen molar-refractivity contribution < 1.29 is 19.2 Å². The molecule has 0 saturated heterocycles. The van der Waals surface area contributed by atoms with E-state index in [1.165, 1.54) is 36.4 Å². The maximum atomic E-state index is 12.2. The van der Waals surface area contributed by atoms with E-state index in [-0.39, 0.29) is 22.8 Å². The van der Waals surface area contributed by atoms with Gasteiger partial charge in [-0.05, 0) is 42.0 Å². The molecule has 3 aromatic rings. The van der Waals surface area contributed by atoms with Gasteiger partial charge in [-0.2, -0.15) is 0 Å². The van der Waals surface area contributed by atoms with Crippen molar-refractivity contribution in [3.8, 4) is 5.75 Å². The van der Waals surface area contributed by atoms with Gasteiger partial charge < -0.3 is 4.74 Å². The van der Waals surface area contributed by atoms with Gasteiger partial charge in [-0.1, -0.05) is 42.5 Å². The lowest BCUT2D eigenvalue weighted by atomic mass is 10.1. The molecule has 0 atom stereocenters. The average molecular weight is 373 g/mol. The van der Waals surface area contributed by atoms with Gasteiger partial charge in [0.25, 0.3) is 5.69 Å². The Bertz CT molecular complexity index is 1040. The number of allylic oxidation sites excluding steroid dienone is 1. The molecule has 6 heteroatoms. The van der Waals surface area contributed by atoms with Crippen LogP contribution in [0.3, 0.4) is 0 Å². The number of ether oxygens (including phenoxy) is 1. The standard InChI is InChI=1S/C22H15NO5/c24-21(14-9-16-5-2-1-3-6-16)17-10-12-20(13-11-17)28-22(25)18-7-4-8-19(15-18)23(26)27/h1-15H. The number of esters is 1. The van der Waals surface area contributed by atoms with Gasteiger partial charge in [0.15, 0.2) is 5.78 Å². The number of hydrogen-bond donors (Lipinski definition) is 0. The van der Waals surface area contributed by atoms with E-state index in [1.54, 1.807) is 18.2 Å². The van der Waals surface area contributed by atoms with Crippen LogP contribution in [0, 0.1) is 10.1 Å². The van der Waals surface area contributed by atoms with Crippen molar-refractivity contribution in [3.63, 3.8) is 0 Å². The van der Waals surface area contributed by atoms with E-state index in [4.69, 9.17) is 4.74 Å². The minimum atomic E-state index is -0.716. The van der Waals surface area contributed by atoms with E-state index in [0.29, 0.717) is 5.56 Å². The topological polar surface area (TPSA) is 86.5 Å². The molecule has 0 aliphatic carbocycles. The molecule has 6 nitrogen and oxygen atoms in total. The minimum absolute atomic E-state index is 0.0696. The Balaban J connectivity index is 1.66. The Labute approximate surface area is 160 Å². The normalized spacial score (nSPS) is 10.6. The minimum Gasteiger partial charge on any atom is -0.423 e. The predicted octanol–water partition coefficient (Wildman–Crippen LogP) is 4.71. The lowest BCUT2D eigenvalue weighted by Crippen LogP contribution is -2.09. The zero-order chi connectivity index (χ0) is 19.9. The van der Waals surface area contributed by atoms with Gasteiger partial charge in [0.1, 0.15) is 5.75 Å². The van der Waals surface area contributed by atoms with Gasteiger partial charge in [-0.3, -0.25) is 14.9 Å². The number of nitrogens with zero attached hydrogens (tertiary/aromatic N) is 1.